The average molecular weight is 332 g/mol. The first-order valence-corrected chi connectivity index (χ1v) is 8.24. The van der Waals surface area contributed by atoms with Crippen molar-refractivity contribution in [1.82, 2.24) is 5.32 Å². The molecule has 0 atom stereocenters. The van der Waals surface area contributed by atoms with Crippen LogP contribution in [0.3, 0.4) is 0 Å². The number of amides is 1. The molecular formula is C19H22ClNO2. The van der Waals surface area contributed by atoms with Gasteiger partial charge in [-0.15, -0.1) is 0 Å². The number of aryl methyl sites for hydroxylation is 2. The van der Waals surface area contributed by atoms with E-state index in [0.29, 0.717) is 29.5 Å². The van der Waals surface area contributed by atoms with Crippen LogP contribution in [0.1, 0.15) is 34.8 Å². The Kier molecular flexibility index (Phi) is 6.48. The zero-order chi connectivity index (χ0) is 16.7. The maximum atomic E-state index is 12.1. The smallest absolute Gasteiger partial charge is 0.251 e. The predicted molar refractivity (Wildman–Crippen MR) is 94.5 cm³/mol. The number of carbonyl (C=O) groups is 1. The fourth-order valence-corrected chi connectivity index (χ4v) is 2.50. The Balaban J connectivity index is 1.80. The van der Waals surface area contributed by atoms with Crippen molar-refractivity contribution >= 4 is 17.5 Å². The van der Waals surface area contributed by atoms with Crippen LogP contribution in [0.25, 0.3) is 0 Å². The van der Waals surface area contributed by atoms with E-state index in [2.05, 4.69) is 36.5 Å². The molecule has 0 aliphatic rings. The molecule has 0 saturated heterocycles. The number of carbonyl (C=O) groups excluding carboxylic acids is 1. The van der Waals surface area contributed by atoms with Crippen molar-refractivity contribution in [3.8, 4) is 5.75 Å². The standard InChI is InChI=1S/C19H22ClNO2/c1-3-23-18-11-10-16(13-17(18)20)19(22)21-12-4-5-15-8-6-14(2)7-9-15/h6-11,13H,3-5,12H2,1-2H3,(H,21,22). The summed E-state index contributed by atoms with van der Waals surface area (Å²) in [6, 6.07) is 13.6. The Morgan fingerprint density at radius 1 is 1.17 bits per heavy atom. The van der Waals surface area contributed by atoms with E-state index in [0.717, 1.165) is 12.8 Å². The zero-order valence-corrected chi connectivity index (χ0v) is 14.3. The van der Waals surface area contributed by atoms with Gasteiger partial charge in [0.1, 0.15) is 5.75 Å². The summed E-state index contributed by atoms with van der Waals surface area (Å²) in [5, 5.41) is 3.38. The van der Waals surface area contributed by atoms with Crippen molar-refractivity contribution < 1.29 is 9.53 Å². The molecule has 3 nitrogen and oxygen atoms in total. The summed E-state index contributed by atoms with van der Waals surface area (Å²) in [6.07, 6.45) is 1.85. The second kappa shape index (κ2) is 8.59. The van der Waals surface area contributed by atoms with E-state index in [4.69, 9.17) is 16.3 Å². The molecule has 0 aliphatic heterocycles. The fourth-order valence-electron chi connectivity index (χ4n) is 2.27. The lowest BCUT2D eigenvalue weighted by Crippen LogP contribution is -2.24. The highest BCUT2D eigenvalue weighted by atomic mass is 35.5. The maximum Gasteiger partial charge on any atom is 0.251 e. The lowest BCUT2D eigenvalue weighted by molar-refractivity contribution is 0.0953. The highest BCUT2D eigenvalue weighted by Gasteiger charge is 2.08. The second-order valence-electron chi connectivity index (χ2n) is 5.42. The van der Waals surface area contributed by atoms with Crippen molar-refractivity contribution in [2.45, 2.75) is 26.7 Å². The molecule has 2 aromatic carbocycles. The minimum atomic E-state index is -0.112. The summed E-state index contributed by atoms with van der Waals surface area (Å²) in [6.45, 7) is 5.15. The average Bonchev–Trinajstić information content (AvgIpc) is 2.55. The summed E-state index contributed by atoms with van der Waals surface area (Å²) >= 11 is 6.10. The topological polar surface area (TPSA) is 38.3 Å². The van der Waals surface area contributed by atoms with Gasteiger partial charge in [0, 0.05) is 12.1 Å². The molecule has 0 unspecified atom stereocenters. The van der Waals surface area contributed by atoms with Gasteiger partial charge in [-0.2, -0.15) is 0 Å². The van der Waals surface area contributed by atoms with Crippen LogP contribution in [0.15, 0.2) is 42.5 Å². The number of hydrogen-bond acceptors (Lipinski definition) is 2. The molecule has 0 aromatic heterocycles. The Morgan fingerprint density at radius 3 is 2.57 bits per heavy atom. The van der Waals surface area contributed by atoms with Gasteiger partial charge in [0.2, 0.25) is 0 Å². The first kappa shape index (κ1) is 17.4. The summed E-state index contributed by atoms with van der Waals surface area (Å²) in [7, 11) is 0. The number of nitrogens with one attached hydrogen (secondary N) is 1. The molecule has 0 saturated carbocycles. The Bertz CT molecular complexity index is 653. The first-order valence-electron chi connectivity index (χ1n) is 7.86. The molecule has 0 aliphatic carbocycles. The van der Waals surface area contributed by atoms with Crippen molar-refractivity contribution in [2.75, 3.05) is 13.2 Å². The van der Waals surface area contributed by atoms with Crippen LogP contribution in [-0.4, -0.2) is 19.1 Å². The molecule has 4 heteroatoms. The van der Waals surface area contributed by atoms with Crippen LogP contribution < -0.4 is 10.1 Å². The van der Waals surface area contributed by atoms with E-state index in [1.165, 1.54) is 11.1 Å². The van der Waals surface area contributed by atoms with Gasteiger partial charge in [0.15, 0.2) is 0 Å². The van der Waals surface area contributed by atoms with Crippen LogP contribution in [0.4, 0.5) is 0 Å². The number of rotatable bonds is 7. The normalized spacial score (nSPS) is 10.4. The van der Waals surface area contributed by atoms with Gasteiger partial charge >= 0.3 is 0 Å². The van der Waals surface area contributed by atoms with Gasteiger partial charge < -0.3 is 10.1 Å². The van der Waals surface area contributed by atoms with Crippen molar-refractivity contribution in [1.29, 1.82) is 0 Å². The monoisotopic (exact) mass is 331 g/mol. The van der Waals surface area contributed by atoms with Crippen LogP contribution in [0, 0.1) is 6.92 Å². The quantitative estimate of drug-likeness (QED) is 0.763. The van der Waals surface area contributed by atoms with Crippen LogP contribution >= 0.6 is 11.6 Å². The molecule has 1 amide bonds. The van der Waals surface area contributed by atoms with Crippen LogP contribution in [0.5, 0.6) is 5.75 Å². The van der Waals surface area contributed by atoms with E-state index < -0.39 is 0 Å². The summed E-state index contributed by atoms with van der Waals surface area (Å²) < 4.78 is 5.36. The second-order valence-corrected chi connectivity index (χ2v) is 5.83. The SMILES string of the molecule is CCOc1ccc(C(=O)NCCCc2ccc(C)cc2)cc1Cl. The Hall–Kier alpha value is -2.00. The lowest BCUT2D eigenvalue weighted by Gasteiger charge is -2.09. The number of benzene rings is 2. The van der Waals surface area contributed by atoms with Gasteiger partial charge in [-0.25, -0.2) is 0 Å². The largest absolute Gasteiger partial charge is 0.492 e. The van der Waals surface area contributed by atoms with Crippen LogP contribution in [0.2, 0.25) is 5.02 Å². The molecule has 0 spiro atoms. The summed E-state index contributed by atoms with van der Waals surface area (Å²) in [5.41, 5.74) is 3.09. The van der Waals surface area contributed by atoms with Gasteiger partial charge in [0.25, 0.3) is 5.91 Å². The highest BCUT2D eigenvalue weighted by Crippen LogP contribution is 2.25. The van der Waals surface area contributed by atoms with Crippen molar-refractivity contribution in [2.24, 2.45) is 0 Å². The van der Waals surface area contributed by atoms with Gasteiger partial charge in [-0.1, -0.05) is 41.4 Å². The Morgan fingerprint density at radius 2 is 1.91 bits per heavy atom. The lowest BCUT2D eigenvalue weighted by atomic mass is 10.1. The molecule has 0 bridgehead atoms. The molecule has 2 rings (SSSR count). The van der Waals surface area contributed by atoms with Crippen molar-refractivity contribution in [3.05, 3.63) is 64.2 Å². The molecule has 23 heavy (non-hydrogen) atoms. The fraction of sp³-hybridized carbons (Fsp3) is 0.316. The van der Waals surface area contributed by atoms with Gasteiger partial charge in [0.05, 0.1) is 11.6 Å². The van der Waals surface area contributed by atoms with E-state index in [-0.39, 0.29) is 5.91 Å². The van der Waals surface area contributed by atoms with Gasteiger partial charge in [-0.3, -0.25) is 4.79 Å². The first-order chi connectivity index (χ1) is 11.1. The minimum Gasteiger partial charge on any atom is -0.492 e. The predicted octanol–water partition coefficient (Wildman–Crippen LogP) is 4.41. The summed E-state index contributed by atoms with van der Waals surface area (Å²) in [4.78, 5) is 12.1. The molecular weight excluding hydrogens is 310 g/mol. The molecule has 2 aromatic rings. The van der Waals surface area contributed by atoms with E-state index in [9.17, 15) is 4.79 Å². The molecule has 0 fully saturated rings. The number of halogens is 1. The van der Waals surface area contributed by atoms with Crippen LogP contribution in [-0.2, 0) is 6.42 Å². The third kappa shape index (κ3) is 5.29. The third-order valence-electron chi connectivity index (χ3n) is 3.54. The molecule has 0 radical (unpaired) electrons. The minimum absolute atomic E-state index is 0.112. The third-order valence-corrected chi connectivity index (χ3v) is 3.84. The van der Waals surface area contributed by atoms with Gasteiger partial charge in [-0.05, 0) is 50.5 Å². The number of ether oxygens (including phenoxy) is 1. The molecule has 122 valence electrons. The van der Waals surface area contributed by atoms with E-state index >= 15 is 0 Å². The van der Waals surface area contributed by atoms with E-state index in [1.807, 2.05) is 6.92 Å². The number of hydrogen-bond donors (Lipinski definition) is 1. The zero-order valence-electron chi connectivity index (χ0n) is 13.6. The molecule has 0 heterocycles. The van der Waals surface area contributed by atoms with Crippen molar-refractivity contribution in [3.63, 3.8) is 0 Å². The molecule has 1 N–H and O–H groups in total. The Labute approximate surface area is 142 Å². The van der Waals surface area contributed by atoms with E-state index in [1.54, 1.807) is 18.2 Å². The highest BCUT2D eigenvalue weighted by molar-refractivity contribution is 6.32. The maximum absolute atomic E-state index is 12.1. The summed E-state index contributed by atoms with van der Waals surface area (Å²) in [5.74, 6) is 0.490.